The molecular formula is C25H18F3N3O4. The van der Waals surface area contributed by atoms with Crippen molar-refractivity contribution in [3.8, 4) is 0 Å². The highest BCUT2D eigenvalue weighted by Crippen LogP contribution is 2.28. The standard InChI is InChI=1S/C25H18F3N3O4/c26-25(27,28)23(34)16-6-8-17(9-7-16)24(35)30-18-10-11-20-19(12-18)29-14-31(20)21(13-22(32)33)15-4-2-1-3-5-15/h1-12,14,21H,13H2,(H,30,35)(H,32,33). The van der Waals surface area contributed by atoms with Crippen molar-refractivity contribution in [3.05, 3.63) is 95.8 Å². The minimum absolute atomic E-state index is 0.0694. The summed E-state index contributed by atoms with van der Waals surface area (Å²) in [5.74, 6) is -3.53. The van der Waals surface area contributed by atoms with E-state index in [0.717, 1.165) is 29.8 Å². The van der Waals surface area contributed by atoms with E-state index in [9.17, 15) is 32.7 Å². The van der Waals surface area contributed by atoms with Gasteiger partial charge in [-0.1, -0.05) is 42.5 Å². The molecule has 1 aromatic heterocycles. The number of aliphatic carboxylic acids is 1. The van der Waals surface area contributed by atoms with Gasteiger partial charge in [-0.15, -0.1) is 0 Å². The Balaban J connectivity index is 1.55. The lowest BCUT2D eigenvalue weighted by atomic mass is 10.0. The van der Waals surface area contributed by atoms with Gasteiger partial charge in [0, 0.05) is 16.8 Å². The maximum atomic E-state index is 12.6. The highest BCUT2D eigenvalue weighted by Gasteiger charge is 2.39. The number of benzene rings is 3. The molecule has 7 nitrogen and oxygen atoms in total. The van der Waals surface area contributed by atoms with Crippen LogP contribution in [0, 0.1) is 0 Å². The van der Waals surface area contributed by atoms with E-state index in [1.165, 1.54) is 6.33 Å². The number of ketones is 1. The molecule has 0 spiro atoms. The highest BCUT2D eigenvalue weighted by atomic mass is 19.4. The van der Waals surface area contributed by atoms with Gasteiger partial charge in [-0.25, -0.2) is 4.98 Å². The van der Waals surface area contributed by atoms with Crippen LogP contribution in [0.4, 0.5) is 18.9 Å². The third-order valence-corrected chi connectivity index (χ3v) is 5.39. The van der Waals surface area contributed by atoms with Crippen molar-refractivity contribution in [2.24, 2.45) is 0 Å². The van der Waals surface area contributed by atoms with E-state index in [1.807, 2.05) is 30.3 Å². The van der Waals surface area contributed by atoms with E-state index in [4.69, 9.17) is 0 Å². The average molecular weight is 481 g/mol. The van der Waals surface area contributed by atoms with Gasteiger partial charge in [-0.2, -0.15) is 13.2 Å². The smallest absolute Gasteiger partial charge is 0.454 e. The van der Waals surface area contributed by atoms with E-state index < -0.39 is 35.4 Å². The monoisotopic (exact) mass is 481 g/mol. The van der Waals surface area contributed by atoms with Crippen molar-refractivity contribution in [2.45, 2.75) is 18.6 Å². The number of Topliss-reactive ketones (excluding diaryl/α,β-unsaturated/α-hetero) is 1. The van der Waals surface area contributed by atoms with Crippen LogP contribution >= 0.6 is 0 Å². The van der Waals surface area contributed by atoms with Gasteiger partial charge in [0.2, 0.25) is 0 Å². The number of hydrogen-bond donors (Lipinski definition) is 2. The van der Waals surface area contributed by atoms with Crippen molar-refractivity contribution in [1.29, 1.82) is 0 Å². The molecule has 1 amide bonds. The molecule has 0 aliphatic rings. The maximum absolute atomic E-state index is 12.6. The van der Waals surface area contributed by atoms with Gasteiger partial charge < -0.3 is 15.0 Å². The van der Waals surface area contributed by atoms with E-state index in [-0.39, 0.29) is 12.0 Å². The van der Waals surface area contributed by atoms with Crippen LogP contribution in [-0.4, -0.2) is 38.5 Å². The minimum atomic E-state index is -4.99. The minimum Gasteiger partial charge on any atom is -0.481 e. The molecule has 1 unspecified atom stereocenters. The lowest BCUT2D eigenvalue weighted by Crippen LogP contribution is -2.22. The lowest BCUT2D eigenvalue weighted by Gasteiger charge is -2.18. The van der Waals surface area contributed by atoms with Crippen LogP contribution in [0.25, 0.3) is 11.0 Å². The zero-order valence-corrected chi connectivity index (χ0v) is 18.0. The number of fused-ring (bicyclic) bond motifs is 1. The number of alkyl halides is 3. The van der Waals surface area contributed by atoms with Crippen LogP contribution < -0.4 is 5.32 Å². The number of anilines is 1. The summed E-state index contributed by atoms with van der Waals surface area (Å²) in [5.41, 5.74) is 1.88. The zero-order valence-electron chi connectivity index (χ0n) is 18.0. The Labute approximate surface area is 196 Å². The van der Waals surface area contributed by atoms with E-state index in [1.54, 1.807) is 22.8 Å². The molecule has 0 saturated carbocycles. The molecule has 35 heavy (non-hydrogen) atoms. The van der Waals surface area contributed by atoms with Crippen LogP contribution in [0.2, 0.25) is 0 Å². The van der Waals surface area contributed by atoms with Gasteiger partial charge in [0.25, 0.3) is 11.7 Å². The fraction of sp³-hybridized carbons (Fsp3) is 0.120. The fourth-order valence-electron chi connectivity index (χ4n) is 3.72. The number of carboxylic acids is 1. The topological polar surface area (TPSA) is 101 Å². The molecule has 0 radical (unpaired) electrons. The van der Waals surface area contributed by atoms with Crippen molar-refractivity contribution in [1.82, 2.24) is 9.55 Å². The first-order valence-electron chi connectivity index (χ1n) is 10.4. The second kappa shape index (κ2) is 9.41. The van der Waals surface area contributed by atoms with Crippen LogP contribution in [0.5, 0.6) is 0 Å². The van der Waals surface area contributed by atoms with Gasteiger partial charge in [0.1, 0.15) is 0 Å². The maximum Gasteiger partial charge on any atom is 0.454 e. The number of aromatic nitrogens is 2. The Morgan fingerprint density at radius 1 is 0.943 bits per heavy atom. The van der Waals surface area contributed by atoms with Gasteiger partial charge in [-0.3, -0.25) is 14.4 Å². The third kappa shape index (κ3) is 5.21. The molecular weight excluding hydrogens is 463 g/mol. The molecule has 1 heterocycles. The number of imidazole rings is 1. The van der Waals surface area contributed by atoms with Gasteiger partial charge >= 0.3 is 12.1 Å². The van der Waals surface area contributed by atoms with E-state index >= 15 is 0 Å². The summed E-state index contributed by atoms with van der Waals surface area (Å²) >= 11 is 0. The lowest BCUT2D eigenvalue weighted by molar-refractivity contribution is -0.137. The molecule has 0 fully saturated rings. The Kier molecular flexibility index (Phi) is 6.37. The Hall–Kier alpha value is -4.47. The molecule has 0 aliphatic carbocycles. The van der Waals surface area contributed by atoms with Crippen molar-refractivity contribution in [3.63, 3.8) is 0 Å². The first-order valence-corrected chi connectivity index (χ1v) is 10.4. The number of carbonyl (C=O) groups excluding carboxylic acids is 2. The van der Waals surface area contributed by atoms with Crippen LogP contribution in [0.1, 0.15) is 38.7 Å². The van der Waals surface area contributed by atoms with Crippen molar-refractivity contribution in [2.75, 3.05) is 5.32 Å². The zero-order chi connectivity index (χ0) is 25.2. The number of carboxylic acid groups (broad SMARTS) is 1. The normalized spacial score (nSPS) is 12.3. The largest absolute Gasteiger partial charge is 0.481 e. The first-order chi connectivity index (χ1) is 16.6. The molecule has 2 N–H and O–H groups in total. The summed E-state index contributed by atoms with van der Waals surface area (Å²) in [7, 11) is 0. The number of amides is 1. The van der Waals surface area contributed by atoms with E-state index in [2.05, 4.69) is 10.3 Å². The molecule has 1 atom stereocenters. The predicted molar refractivity (Wildman–Crippen MR) is 121 cm³/mol. The Bertz CT molecular complexity index is 1400. The Morgan fingerprint density at radius 2 is 1.60 bits per heavy atom. The molecule has 4 aromatic rings. The summed E-state index contributed by atoms with van der Waals surface area (Å²) in [6, 6.07) is 17.7. The van der Waals surface area contributed by atoms with Crippen LogP contribution in [-0.2, 0) is 4.79 Å². The molecule has 0 aliphatic heterocycles. The number of halogens is 3. The second-order valence-electron chi connectivity index (χ2n) is 7.74. The van der Waals surface area contributed by atoms with Crippen molar-refractivity contribution < 1.29 is 32.7 Å². The van der Waals surface area contributed by atoms with E-state index in [0.29, 0.717) is 16.7 Å². The number of nitrogens with zero attached hydrogens (tertiary/aromatic N) is 2. The SMILES string of the molecule is O=C(O)CC(c1ccccc1)n1cnc2cc(NC(=O)c3ccc(C(=O)C(F)(F)F)cc3)ccc21. The highest BCUT2D eigenvalue weighted by molar-refractivity contribution is 6.06. The summed E-state index contributed by atoms with van der Waals surface area (Å²) in [5, 5.41) is 12.0. The Morgan fingerprint density at radius 3 is 2.23 bits per heavy atom. The summed E-state index contributed by atoms with van der Waals surface area (Å²) in [6.45, 7) is 0. The van der Waals surface area contributed by atoms with Crippen molar-refractivity contribution >= 4 is 34.4 Å². The van der Waals surface area contributed by atoms with Crippen LogP contribution in [0.3, 0.4) is 0 Å². The van der Waals surface area contributed by atoms with Gasteiger partial charge in [0.15, 0.2) is 0 Å². The van der Waals surface area contributed by atoms with Gasteiger partial charge in [-0.05, 0) is 35.9 Å². The summed E-state index contributed by atoms with van der Waals surface area (Å²) in [4.78, 5) is 39.7. The molecule has 0 saturated heterocycles. The number of carbonyl (C=O) groups is 3. The predicted octanol–water partition coefficient (Wildman–Crippen LogP) is 5.10. The molecule has 178 valence electrons. The number of hydrogen-bond acceptors (Lipinski definition) is 4. The average Bonchev–Trinajstić information content (AvgIpc) is 3.25. The van der Waals surface area contributed by atoms with Crippen LogP contribution in [0.15, 0.2) is 79.1 Å². The molecule has 3 aromatic carbocycles. The summed E-state index contributed by atoms with van der Waals surface area (Å²) in [6.07, 6.45) is -3.61. The fourth-order valence-corrected chi connectivity index (χ4v) is 3.72. The molecule has 4 rings (SSSR count). The molecule has 10 heteroatoms. The third-order valence-electron chi connectivity index (χ3n) is 5.39. The molecule has 0 bridgehead atoms. The number of nitrogens with one attached hydrogen (secondary N) is 1. The van der Waals surface area contributed by atoms with Gasteiger partial charge in [0.05, 0.1) is 29.8 Å². The first kappa shape index (κ1) is 23.7. The second-order valence-corrected chi connectivity index (χ2v) is 7.74. The quantitative estimate of drug-likeness (QED) is 0.358. The summed E-state index contributed by atoms with van der Waals surface area (Å²) < 4.78 is 39.4. The number of rotatable bonds is 7.